The van der Waals surface area contributed by atoms with Crippen molar-refractivity contribution in [2.24, 2.45) is 9.98 Å². The summed E-state index contributed by atoms with van der Waals surface area (Å²) in [5.41, 5.74) is 3.30. The Kier molecular flexibility index (Phi) is 9.81. The number of hydrogen-bond donors (Lipinski definition) is 0. The number of aliphatic imine (C=N–C) groups is 2. The van der Waals surface area contributed by atoms with E-state index in [0.717, 1.165) is 23.4 Å². The molecule has 14 heteroatoms. The van der Waals surface area contributed by atoms with E-state index in [4.69, 9.17) is 0 Å². The summed E-state index contributed by atoms with van der Waals surface area (Å²) < 4.78 is 56.5. The summed E-state index contributed by atoms with van der Waals surface area (Å²) >= 11 is 1.42. The van der Waals surface area contributed by atoms with Crippen LogP contribution < -0.4 is 9.64 Å². The monoisotopic (exact) mass is 649 g/mol. The molecule has 4 aromatic rings. The number of aromatic nitrogens is 3. The zero-order valence-corrected chi connectivity index (χ0v) is 25.5. The molecule has 5 rings (SSSR count). The Bertz CT molecular complexity index is 1800. The third-order valence-corrected chi connectivity index (χ3v) is 7.97. The predicted octanol–water partition coefficient (Wildman–Crippen LogP) is 7.89. The van der Waals surface area contributed by atoms with Crippen LogP contribution in [0.2, 0.25) is 0 Å². The van der Waals surface area contributed by atoms with Crippen LogP contribution in [0.25, 0.3) is 17.1 Å². The molecule has 0 saturated carbocycles. The first-order valence-electron chi connectivity index (χ1n) is 14.1. The molecule has 1 aliphatic heterocycles. The second-order valence-electron chi connectivity index (χ2n) is 10.4. The minimum Gasteiger partial charge on any atom is -0.406 e. The predicted molar refractivity (Wildman–Crippen MR) is 168 cm³/mol. The number of amidine groups is 1. The number of nitrogens with zero attached hydrogens (tertiary/aromatic N) is 7. The Morgan fingerprint density at radius 3 is 2.52 bits per heavy atom. The van der Waals surface area contributed by atoms with E-state index >= 15 is 0 Å². The molecule has 0 radical (unpaired) electrons. The Hall–Kier alpha value is -5.03. The minimum atomic E-state index is -4.78. The number of amides is 2. The lowest BCUT2D eigenvalue weighted by atomic mass is 10.00. The van der Waals surface area contributed by atoms with Crippen LogP contribution in [0.15, 0.2) is 83.0 Å². The van der Waals surface area contributed by atoms with E-state index < -0.39 is 18.3 Å². The lowest BCUT2D eigenvalue weighted by molar-refractivity contribution is -0.274. The molecule has 2 amide bonds. The van der Waals surface area contributed by atoms with Crippen LogP contribution >= 0.6 is 11.8 Å². The fraction of sp³-hybridized carbons (Fsp3) is 0.250. The van der Waals surface area contributed by atoms with Crippen molar-refractivity contribution in [3.05, 3.63) is 90.0 Å². The van der Waals surface area contributed by atoms with Crippen LogP contribution in [0.3, 0.4) is 0 Å². The number of rotatable bonds is 7. The molecule has 1 atom stereocenters. The maximum atomic E-state index is 14.0. The molecule has 9 nitrogen and oxygen atoms in total. The molecule has 1 saturated heterocycles. The highest BCUT2D eigenvalue weighted by Crippen LogP contribution is 2.33. The molecule has 2 heterocycles. The van der Waals surface area contributed by atoms with Gasteiger partial charge in [0.15, 0.2) is 11.0 Å². The van der Waals surface area contributed by atoms with E-state index in [9.17, 15) is 27.6 Å². The Morgan fingerprint density at radius 2 is 1.85 bits per heavy atom. The standard InChI is InChI=1S/C32H27F4N7O2S/c1-20(2)27-16-24(33)8-13-28(27)42-14-3-15-46-31(42)40-30(44)38-18-23(17-37)21-4-6-22(7-5-21)29-39-19-43(41-29)25-9-11-26(12-10-25)45-32(34,35)36/h4-13,16,18-20,23H,3,14-15H2,1-2H3. The van der Waals surface area contributed by atoms with Crippen molar-refractivity contribution >= 4 is 34.9 Å². The summed E-state index contributed by atoms with van der Waals surface area (Å²) in [7, 11) is 0. The van der Waals surface area contributed by atoms with Crippen LogP contribution in [-0.4, -0.2) is 50.8 Å². The number of urea groups is 1. The summed E-state index contributed by atoms with van der Waals surface area (Å²) in [5.74, 6) is -0.326. The van der Waals surface area contributed by atoms with Gasteiger partial charge < -0.3 is 9.64 Å². The summed E-state index contributed by atoms with van der Waals surface area (Å²) in [6.07, 6.45) is -1.25. The Labute approximate surface area is 266 Å². The molecule has 3 aromatic carbocycles. The Morgan fingerprint density at radius 1 is 1.11 bits per heavy atom. The van der Waals surface area contributed by atoms with Crippen molar-refractivity contribution in [3.63, 3.8) is 0 Å². The average molecular weight is 650 g/mol. The van der Waals surface area contributed by atoms with Gasteiger partial charge in [0.2, 0.25) is 0 Å². The van der Waals surface area contributed by atoms with E-state index in [-0.39, 0.29) is 17.5 Å². The van der Waals surface area contributed by atoms with Crippen LogP contribution in [0.5, 0.6) is 5.75 Å². The lowest BCUT2D eigenvalue weighted by Gasteiger charge is -2.31. The van der Waals surface area contributed by atoms with Gasteiger partial charge in [-0.15, -0.1) is 18.3 Å². The van der Waals surface area contributed by atoms with Gasteiger partial charge in [0, 0.05) is 29.8 Å². The molecule has 1 aromatic heterocycles. The maximum Gasteiger partial charge on any atom is 0.573 e. The molecular formula is C32H27F4N7O2S. The molecule has 0 N–H and O–H groups in total. The molecule has 236 valence electrons. The number of halogens is 4. The maximum absolute atomic E-state index is 14.0. The van der Waals surface area contributed by atoms with E-state index in [1.807, 2.05) is 18.7 Å². The van der Waals surface area contributed by atoms with Crippen molar-refractivity contribution in [2.75, 3.05) is 17.2 Å². The highest BCUT2D eigenvalue weighted by molar-refractivity contribution is 8.14. The minimum absolute atomic E-state index is 0.0596. The van der Waals surface area contributed by atoms with Gasteiger partial charge in [-0.05, 0) is 65.9 Å². The number of anilines is 1. The zero-order chi connectivity index (χ0) is 32.8. The second kappa shape index (κ2) is 13.9. The van der Waals surface area contributed by atoms with Crippen LogP contribution in [0, 0.1) is 17.1 Å². The van der Waals surface area contributed by atoms with E-state index in [2.05, 4.69) is 30.9 Å². The van der Waals surface area contributed by atoms with E-state index in [1.54, 1.807) is 30.3 Å². The molecule has 46 heavy (non-hydrogen) atoms. The first-order chi connectivity index (χ1) is 22.0. The van der Waals surface area contributed by atoms with Crippen molar-refractivity contribution in [3.8, 4) is 28.9 Å². The number of thioether (sulfide) groups is 1. The van der Waals surface area contributed by atoms with Crippen LogP contribution in [-0.2, 0) is 0 Å². The van der Waals surface area contributed by atoms with Crippen molar-refractivity contribution in [2.45, 2.75) is 38.5 Å². The number of alkyl halides is 3. The van der Waals surface area contributed by atoms with E-state index in [0.29, 0.717) is 34.4 Å². The first-order valence-corrected chi connectivity index (χ1v) is 15.1. The third kappa shape index (κ3) is 7.97. The van der Waals surface area contributed by atoms with Crippen molar-refractivity contribution in [1.82, 2.24) is 14.8 Å². The number of benzene rings is 3. The van der Waals surface area contributed by atoms with Crippen LogP contribution in [0.4, 0.5) is 28.0 Å². The SMILES string of the molecule is CC(C)c1cc(F)ccc1N1CCCSC1=NC(=O)N=CC(C#N)c1ccc(-c2ncn(-c3ccc(OC(F)(F)F)cc3)n2)cc1. The lowest BCUT2D eigenvalue weighted by Crippen LogP contribution is -2.35. The number of ether oxygens (including phenoxy) is 1. The second-order valence-corrected chi connectivity index (χ2v) is 11.5. The number of nitriles is 1. The van der Waals surface area contributed by atoms with Crippen molar-refractivity contribution in [1.29, 1.82) is 5.26 Å². The smallest absolute Gasteiger partial charge is 0.406 e. The van der Waals surface area contributed by atoms with Gasteiger partial charge in [-0.25, -0.2) is 23.8 Å². The van der Waals surface area contributed by atoms with Gasteiger partial charge in [0.25, 0.3) is 0 Å². The third-order valence-electron chi connectivity index (χ3n) is 6.91. The molecule has 1 fully saturated rings. The van der Waals surface area contributed by atoms with Gasteiger partial charge >= 0.3 is 12.4 Å². The summed E-state index contributed by atoms with van der Waals surface area (Å²) in [6.45, 7) is 4.57. The van der Waals surface area contributed by atoms with Crippen LogP contribution in [0.1, 0.15) is 43.2 Å². The molecule has 0 aliphatic carbocycles. The zero-order valence-electron chi connectivity index (χ0n) is 24.6. The fourth-order valence-electron chi connectivity index (χ4n) is 4.71. The van der Waals surface area contributed by atoms with Gasteiger partial charge in [-0.1, -0.05) is 49.9 Å². The van der Waals surface area contributed by atoms with E-state index in [1.165, 1.54) is 65.4 Å². The largest absolute Gasteiger partial charge is 0.573 e. The molecule has 0 spiro atoms. The summed E-state index contributed by atoms with van der Waals surface area (Å²) in [5, 5.41) is 14.6. The number of carbonyl (C=O) groups excluding carboxylic acids is 1. The molecule has 1 aliphatic rings. The topological polar surface area (TPSA) is 109 Å². The first kappa shape index (κ1) is 32.4. The number of carbonyl (C=O) groups is 1. The van der Waals surface area contributed by atoms with Gasteiger partial charge in [0.1, 0.15) is 23.8 Å². The molecule has 1 unspecified atom stereocenters. The van der Waals surface area contributed by atoms with Gasteiger partial charge in [-0.2, -0.15) is 10.3 Å². The Balaban J connectivity index is 1.27. The molecule has 0 bridgehead atoms. The highest BCUT2D eigenvalue weighted by atomic mass is 32.2. The van der Waals surface area contributed by atoms with Crippen molar-refractivity contribution < 1.29 is 27.1 Å². The van der Waals surface area contributed by atoms with Gasteiger partial charge in [-0.3, -0.25) is 0 Å². The van der Waals surface area contributed by atoms with Gasteiger partial charge in [0.05, 0.1) is 11.8 Å². The highest BCUT2D eigenvalue weighted by Gasteiger charge is 2.31. The quantitative estimate of drug-likeness (QED) is 0.148. The molecular weight excluding hydrogens is 622 g/mol. The summed E-state index contributed by atoms with van der Waals surface area (Å²) in [4.78, 5) is 27.1. The number of hydrogen-bond acceptors (Lipinski definition) is 6. The summed E-state index contributed by atoms with van der Waals surface area (Å²) in [6, 6.07) is 17.9. The fourth-order valence-corrected chi connectivity index (χ4v) is 5.66. The normalized spacial score (nSPS) is 15.3. The average Bonchev–Trinajstić information content (AvgIpc) is 3.52.